The zero-order chi connectivity index (χ0) is 18.8. The largest absolute Gasteiger partial charge is 0.298 e. The molecular weight excluding hydrogens is 348 g/mol. The van der Waals surface area contributed by atoms with Gasteiger partial charge < -0.3 is 0 Å². The molecule has 6 heteroatoms. The van der Waals surface area contributed by atoms with Crippen LogP contribution in [-0.4, -0.2) is 42.6 Å². The maximum Gasteiger partial charge on any atom is 0.156 e. The van der Waals surface area contributed by atoms with E-state index < -0.39 is 0 Å². The SMILES string of the molecule is c1cncc(-c2ccc3nc([C@H]4CCCN(Cc5ccncc5)C4)nn3c2)c1. The van der Waals surface area contributed by atoms with Crippen molar-refractivity contribution in [3.05, 3.63) is 78.8 Å². The van der Waals surface area contributed by atoms with E-state index in [0.29, 0.717) is 5.92 Å². The Morgan fingerprint density at radius 1 is 0.964 bits per heavy atom. The van der Waals surface area contributed by atoms with Crippen LogP contribution in [0.2, 0.25) is 0 Å². The Bertz CT molecular complexity index is 1060. The van der Waals surface area contributed by atoms with E-state index in [1.54, 1.807) is 6.20 Å². The third-order valence-electron chi connectivity index (χ3n) is 5.37. The normalized spacial score (nSPS) is 17.8. The van der Waals surface area contributed by atoms with Gasteiger partial charge in [0, 0.05) is 61.1 Å². The molecule has 0 aliphatic carbocycles. The fourth-order valence-corrected chi connectivity index (χ4v) is 3.93. The average molecular weight is 370 g/mol. The van der Waals surface area contributed by atoms with E-state index in [9.17, 15) is 0 Å². The van der Waals surface area contributed by atoms with Crippen molar-refractivity contribution in [3.63, 3.8) is 0 Å². The predicted octanol–water partition coefficient (Wildman–Crippen LogP) is 3.57. The zero-order valence-electron chi connectivity index (χ0n) is 15.6. The molecule has 1 aliphatic rings. The number of fused-ring (bicyclic) bond motifs is 1. The summed E-state index contributed by atoms with van der Waals surface area (Å²) in [4.78, 5) is 15.6. The highest BCUT2D eigenvalue weighted by Crippen LogP contribution is 2.27. The van der Waals surface area contributed by atoms with Gasteiger partial charge in [0.2, 0.25) is 0 Å². The minimum absolute atomic E-state index is 0.373. The van der Waals surface area contributed by atoms with Gasteiger partial charge in [-0.1, -0.05) is 6.07 Å². The fraction of sp³-hybridized carbons (Fsp3) is 0.273. The van der Waals surface area contributed by atoms with Crippen LogP contribution in [0.4, 0.5) is 0 Å². The molecule has 0 radical (unpaired) electrons. The van der Waals surface area contributed by atoms with Crippen molar-refractivity contribution in [3.8, 4) is 11.1 Å². The van der Waals surface area contributed by atoms with Crippen molar-refractivity contribution in [2.45, 2.75) is 25.3 Å². The van der Waals surface area contributed by atoms with Gasteiger partial charge in [0.15, 0.2) is 11.5 Å². The van der Waals surface area contributed by atoms with Gasteiger partial charge in [-0.05, 0) is 55.3 Å². The molecule has 140 valence electrons. The van der Waals surface area contributed by atoms with Crippen molar-refractivity contribution < 1.29 is 0 Å². The van der Waals surface area contributed by atoms with E-state index in [1.165, 1.54) is 12.0 Å². The molecule has 6 nitrogen and oxygen atoms in total. The molecule has 0 spiro atoms. The molecule has 0 amide bonds. The van der Waals surface area contributed by atoms with Crippen LogP contribution >= 0.6 is 0 Å². The van der Waals surface area contributed by atoms with Crippen LogP contribution < -0.4 is 0 Å². The van der Waals surface area contributed by atoms with Crippen LogP contribution in [-0.2, 0) is 6.54 Å². The van der Waals surface area contributed by atoms with Gasteiger partial charge in [-0.2, -0.15) is 5.10 Å². The molecule has 0 unspecified atom stereocenters. The van der Waals surface area contributed by atoms with Crippen molar-refractivity contribution in [2.24, 2.45) is 0 Å². The predicted molar refractivity (Wildman–Crippen MR) is 108 cm³/mol. The van der Waals surface area contributed by atoms with Crippen LogP contribution in [0.15, 0.2) is 67.4 Å². The fourth-order valence-electron chi connectivity index (χ4n) is 3.93. The first-order valence-corrected chi connectivity index (χ1v) is 9.73. The van der Waals surface area contributed by atoms with Crippen molar-refractivity contribution >= 4 is 5.65 Å². The van der Waals surface area contributed by atoms with Crippen molar-refractivity contribution in [2.75, 3.05) is 13.1 Å². The highest BCUT2D eigenvalue weighted by Gasteiger charge is 2.24. The summed E-state index contributed by atoms with van der Waals surface area (Å²) in [5, 5.41) is 4.81. The molecular formula is C22H22N6. The monoisotopic (exact) mass is 370 g/mol. The maximum absolute atomic E-state index is 4.81. The van der Waals surface area contributed by atoms with Crippen LogP contribution in [0.5, 0.6) is 0 Å². The van der Waals surface area contributed by atoms with E-state index in [2.05, 4.69) is 39.1 Å². The molecule has 1 fully saturated rings. The lowest BCUT2D eigenvalue weighted by atomic mass is 9.97. The summed E-state index contributed by atoms with van der Waals surface area (Å²) in [5.41, 5.74) is 4.39. The Morgan fingerprint density at radius 2 is 1.89 bits per heavy atom. The second-order valence-electron chi connectivity index (χ2n) is 7.36. The number of piperidine rings is 1. The minimum atomic E-state index is 0.373. The highest BCUT2D eigenvalue weighted by atomic mass is 15.3. The first kappa shape index (κ1) is 17.0. The summed E-state index contributed by atoms with van der Waals surface area (Å²) in [6.07, 6.45) is 11.7. The number of aromatic nitrogens is 5. The second kappa shape index (κ2) is 7.48. The Kier molecular flexibility index (Phi) is 4.54. The number of likely N-dealkylation sites (tertiary alicyclic amines) is 1. The Morgan fingerprint density at radius 3 is 2.75 bits per heavy atom. The topological polar surface area (TPSA) is 59.2 Å². The molecule has 4 aromatic heterocycles. The minimum Gasteiger partial charge on any atom is -0.298 e. The smallest absolute Gasteiger partial charge is 0.156 e. The van der Waals surface area contributed by atoms with Gasteiger partial charge in [-0.25, -0.2) is 9.50 Å². The maximum atomic E-state index is 4.81. The Balaban J connectivity index is 1.36. The van der Waals surface area contributed by atoms with E-state index in [-0.39, 0.29) is 0 Å². The van der Waals surface area contributed by atoms with Gasteiger partial charge in [0.05, 0.1) is 0 Å². The van der Waals surface area contributed by atoms with Crippen molar-refractivity contribution in [1.29, 1.82) is 0 Å². The molecule has 0 aromatic carbocycles. The molecule has 28 heavy (non-hydrogen) atoms. The number of rotatable bonds is 4. The standard InChI is InChI=1S/C22H22N6/c1-3-18(13-24-9-1)19-5-6-21-25-22(26-28(21)16-19)20-4-2-12-27(15-20)14-17-7-10-23-11-8-17/h1,3,5-11,13,16,20H,2,4,12,14-15H2/t20-/m0/s1. The Hall–Kier alpha value is -3.12. The molecule has 1 aliphatic heterocycles. The number of hydrogen-bond acceptors (Lipinski definition) is 5. The van der Waals surface area contributed by atoms with E-state index in [0.717, 1.165) is 48.7 Å². The van der Waals surface area contributed by atoms with Gasteiger partial charge in [0.1, 0.15) is 0 Å². The molecule has 5 rings (SSSR count). The lowest BCUT2D eigenvalue weighted by molar-refractivity contribution is 0.196. The molecule has 1 atom stereocenters. The Labute approximate surface area is 163 Å². The molecule has 4 aromatic rings. The van der Waals surface area contributed by atoms with Crippen LogP contribution in [0.25, 0.3) is 16.8 Å². The quantitative estimate of drug-likeness (QED) is 0.550. The van der Waals surface area contributed by atoms with Gasteiger partial charge >= 0.3 is 0 Å². The number of hydrogen-bond donors (Lipinski definition) is 0. The molecule has 0 bridgehead atoms. The third-order valence-corrected chi connectivity index (χ3v) is 5.37. The van der Waals surface area contributed by atoms with Crippen molar-refractivity contribution in [1.82, 2.24) is 29.5 Å². The molecule has 1 saturated heterocycles. The van der Waals surface area contributed by atoms with E-state index >= 15 is 0 Å². The third kappa shape index (κ3) is 3.51. The van der Waals surface area contributed by atoms with Crippen LogP contribution in [0.3, 0.4) is 0 Å². The zero-order valence-corrected chi connectivity index (χ0v) is 15.6. The van der Waals surface area contributed by atoms with Crippen LogP contribution in [0.1, 0.15) is 30.1 Å². The van der Waals surface area contributed by atoms with Gasteiger partial charge in [-0.3, -0.25) is 14.9 Å². The molecule has 5 heterocycles. The van der Waals surface area contributed by atoms with Gasteiger partial charge in [-0.15, -0.1) is 0 Å². The summed E-state index contributed by atoms with van der Waals surface area (Å²) in [5.74, 6) is 1.32. The second-order valence-corrected chi connectivity index (χ2v) is 7.36. The summed E-state index contributed by atoms with van der Waals surface area (Å²) in [7, 11) is 0. The average Bonchev–Trinajstić information content (AvgIpc) is 3.19. The number of pyridine rings is 3. The van der Waals surface area contributed by atoms with E-state index in [4.69, 9.17) is 10.1 Å². The molecule has 0 saturated carbocycles. The summed E-state index contributed by atoms with van der Waals surface area (Å²) >= 11 is 0. The lowest BCUT2D eigenvalue weighted by Gasteiger charge is -2.31. The van der Waals surface area contributed by atoms with Crippen LogP contribution in [0, 0.1) is 0 Å². The highest BCUT2D eigenvalue weighted by molar-refractivity contribution is 5.63. The summed E-state index contributed by atoms with van der Waals surface area (Å²) in [6.45, 7) is 3.07. The first-order valence-electron chi connectivity index (χ1n) is 9.73. The lowest BCUT2D eigenvalue weighted by Crippen LogP contribution is -2.34. The summed E-state index contributed by atoms with van der Waals surface area (Å²) in [6, 6.07) is 12.3. The summed E-state index contributed by atoms with van der Waals surface area (Å²) < 4.78 is 1.90. The van der Waals surface area contributed by atoms with E-state index in [1.807, 2.05) is 41.4 Å². The van der Waals surface area contributed by atoms with Gasteiger partial charge in [0.25, 0.3) is 0 Å². The number of nitrogens with zero attached hydrogens (tertiary/aromatic N) is 6. The molecule has 0 N–H and O–H groups in total. The first-order chi connectivity index (χ1) is 13.8.